The highest BCUT2D eigenvalue weighted by molar-refractivity contribution is 5.63. The second-order valence-electron chi connectivity index (χ2n) is 4.09. The Labute approximate surface area is 95.9 Å². The van der Waals surface area contributed by atoms with Crippen LogP contribution in [-0.4, -0.2) is 20.7 Å². The van der Waals surface area contributed by atoms with Crippen LogP contribution in [0.1, 0.15) is 17.5 Å². The van der Waals surface area contributed by atoms with Crippen molar-refractivity contribution in [3.63, 3.8) is 0 Å². The summed E-state index contributed by atoms with van der Waals surface area (Å²) in [5.74, 6) is 6.05. The molecule has 0 atom stereocenters. The Bertz CT molecular complexity index is 380. The van der Waals surface area contributed by atoms with Crippen LogP contribution in [0.25, 0.3) is 0 Å². The lowest BCUT2D eigenvalue weighted by atomic mass is 9.98. The summed E-state index contributed by atoms with van der Waals surface area (Å²) in [5.41, 5.74) is 3.54. The van der Waals surface area contributed by atoms with Gasteiger partial charge >= 0.3 is 0 Å². The number of anilines is 1. The average molecular weight is 222 g/mol. The molecule has 16 heavy (non-hydrogen) atoms. The summed E-state index contributed by atoms with van der Waals surface area (Å²) >= 11 is 0. The van der Waals surface area contributed by atoms with Gasteiger partial charge in [0.05, 0.1) is 13.7 Å². The van der Waals surface area contributed by atoms with Crippen LogP contribution >= 0.6 is 0 Å². The fourth-order valence-corrected chi connectivity index (χ4v) is 2.34. The molecule has 2 N–H and O–H groups in total. The van der Waals surface area contributed by atoms with Gasteiger partial charge in [-0.2, -0.15) is 0 Å². The van der Waals surface area contributed by atoms with Crippen LogP contribution in [0.15, 0.2) is 12.1 Å². The maximum Gasteiger partial charge on any atom is 0.129 e. The van der Waals surface area contributed by atoms with Crippen molar-refractivity contribution in [2.24, 2.45) is 5.90 Å². The predicted molar refractivity (Wildman–Crippen MR) is 63.6 cm³/mol. The number of hydrogen-bond donors (Lipinski definition) is 1. The van der Waals surface area contributed by atoms with E-state index in [-0.39, 0.29) is 0 Å². The first-order valence-electron chi connectivity index (χ1n) is 5.49. The number of nitrogens with two attached hydrogens (primary N) is 1. The second kappa shape index (κ2) is 4.72. The zero-order valence-corrected chi connectivity index (χ0v) is 9.82. The lowest BCUT2D eigenvalue weighted by molar-refractivity contribution is 0.122. The topological polar surface area (TPSA) is 47.7 Å². The minimum absolute atomic E-state index is 0.389. The van der Waals surface area contributed by atoms with Gasteiger partial charge in [0.2, 0.25) is 0 Å². The Morgan fingerprint density at radius 2 is 2.25 bits per heavy atom. The highest BCUT2D eigenvalue weighted by Gasteiger charge is 2.19. The third-order valence-corrected chi connectivity index (χ3v) is 3.09. The first kappa shape index (κ1) is 11.2. The summed E-state index contributed by atoms with van der Waals surface area (Å²) in [6.07, 6.45) is 2.22. The van der Waals surface area contributed by atoms with E-state index in [1.54, 1.807) is 7.11 Å². The molecule has 0 unspecified atom stereocenters. The Morgan fingerprint density at radius 3 is 2.94 bits per heavy atom. The van der Waals surface area contributed by atoms with Crippen LogP contribution in [-0.2, 0) is 17.9 Å². The normalized spacial score (nSPS) is 14.8. The van der Waals surface area contributed by atoms with Crippen LogP contribution in [0, 0.1) is 0 Å². The van der Waals surface area contributed by atoms with Gasteiger partial charge < -0.3 is 9.64 Å². The molecule has 0 saturated heterocycles. The second-order valence-corrected chi connectivity index (χ2v) is 4.09. The summed E-state index contributed by atoms with van der Waals surface area (Å²) in [6, 6.07) is 4.14. The third-order valence-electron chi connectivity index (χ3n) is 3.09. The van der Waals surface area contributed by atoms with Crippen molar-refractivity contribution in [1.82, 2.24) is 0 Å². The van der Waals surface area contributed by atoms with Crippen molar-refractivity contribution < 1.29 is 9.57 Å². The molecule has 1 aliphatic heterocycles. The highest BCUT2D eigenvalue weighted by Crippen LogP contribution is 2.36. The van der Waals surface area contributed by atoms with E-state index in [0.29, 0.717) is 6.61 Å². The van der Waals surface area contributed by atoms with Gasteiger partial charge in [0.1, 0.15) is 5.75 Å². The SMILES string of the molecule is COc1c(CON)ccc2c1CCCN2C. The van der Waals surface area contributed by atoms with Gasteiger partial charge in [0, 0.05) is 30.4 Å². The standard InChI is InChI=1S/C12H18N2O2/c1-14-7-3-4-10-11(14)6-5-9(8-16-13)12(10)15-2/h5-6H,3-4,7-8,13H2,1-2H3. The van der Waals surface area contributed by atoms with Crippen molar-refractivity contribution >= 4 is 5.69 Å². The molecule has 1 aromatic carbocycles. The predicted octanol–water partition coefficient (Wildman–Crippen LogP) is 1.47. The van der Waals surface area contributed by atoms with E-state index in [9.17, 15) is 0 Å². The van der Waals surface area contributed by atoms with Crippen molar-refractivity contribution in [3.05, 3.63) is 23.3 Å². The molecule has 1 aromatic rings. The molecule has 0 bridgehead atoms. The Hall–Kier alpha value is -1.26. The quantitative estimate of drug-likeness (QED) is 0.787. The maximum atomic E-state index is 5.48. The summed E-state index contributed by atoms with van der Waals surface area (Å²) < 4.78 is 5.48. The Balaban J connectivity index is 2.46. The molecular weight excluding hydrogens is 204 g/mol. The molecule has 0 amide bonds. The molecule has 0 fully saturated rings. The number of ether oxygens (including phenoxy) is 1. The monoisotopic (exact) mass is 222 g/mol. The number of methoxy groups -OCH3 is 1. The van der Waals surface area contributed by atoms with Crippen LogP contribution in [0.4, 0.5) is 5.69 Å². The van der Waals surface area contributed by atoms with Crippen molar-refractivity contribution in [1.29, 1.82) is 0 Å². The number of nitrogens with zero attached hydrogens (tertiary/aromatic N) is 1. The number of rotatable bonds is 3. The van der Waals surface area contributed by atoms with E-state index in [4.69, 9.17) is 15.5 Å². The van der Waals surface area contributed by atoms with Gasteiger partial charge in [-0.25, -0.2) is 5.90 Å². The fraction of sp³-hybridized carbons (Fsp3) is 0.500. The Kier molecular flexibility index (Phi) is 3.31. The Morgan fingerprint density at radius 1 is 1.44 bits per heavy atom. The summed E-state index contributed by atoms with van der Waals surface area (Å²) in [7, 11) is 3.81. The van der Waals surface area contributed by atoms with Crippen molar-refractivity contribution in [3.8, 4) is 5.75 Å². The molecule has 0 radical (unpaired) electrons. The van der Waals surface area contributed by atoms with Gasteiger partial charge in [-0.05, 0) is 18.9 Å². The summed E-state index contributed by atoms with van der Waals surface area (Å²) in [6.45, 7) is 1.49. The van der Waals surface area contributed by atoms with Gasteiger partial charge in [-0.15, -0.1) is 0 Å². The van der Waals surface area contributed by atoms with E-state index in [1.165, 1.54) is 11.3 Å². The van der Waals surface area contributed by atoms with E-state index in [0.717, 1.165) is 30.7 Å². The van der Waals surface area contributed by atoms with Gasteiger partial charge in [0.25, 0.3) is 0 Å². The molecule has 1 heterocycles. The molecule has 0 aliphatic carbocycles. The molecule has 1 aliphatic rings. The number of benzene rings is 1. The molecule has 0 saturated carbocycles. The van der Waals surface area contributed by atoms with Crippen LogP contribution in [0.5, 0.6) is 5.75 Å². The minimum atomic E-state index is 0.389. The summed E-state index contributed by atoms with van der Waals surface area (Å²) in [5, 5.41) is 0. The minimum Gasteiger partial charge on any atom is -0.496 e. The molecule has 4 heteroatoms. The first-order chi connectivity index (χ1) is 7.77. The maximum absolute atomic E-state index is 5.48. The lowest BCUT2D eigenvalue weighted by Crippen LogP contribution is -2.25. The van der Waals surface area contributed by atoms with E-state index in [2.05, 4.69) is 18.0 Å². The smallest absolute Gasteiger partial charge is 0.129 e. The van der Waals surface area contributed by atoms with E-state index >= 15 is 0 Å². The zero-order valence-electron chi connectivity index (χ0n) is 9.82. The molecular formula is C12H18N2O2. The molecule has 88 valence electrons. The van der Waals surface area contributed by atoms with Crippen LogP contribution in [0.3, 0.4) is 0 Å². The van der Waals surface area contributed by atoms with Gasteiger partial charge in [-0.3, -0.25) is 4.84 Å². The number of hydrogen-bond acceptors (Lipinski definition) is 4. The largest absolute Gasteiger partial charge is 0.496 e. The third kappa shape index (κ3) is 1.86. The average Bonchev–Trinajstić information content (AvgIpc) is 2.29. The number of fused-ring (bicyclic) bond motifs is 1. The molecule has 0 aromatic heterocycles. The summed E-state index contributed by atoms with van der Waals surface area (Å²) in [4.78, 5) is 6.95. The van der Waals surface area contributed by atoms with Crippen LogP contribution in [0.2, 0.25) is 0 Å². The van der Waals surface area contributed by atoms with Crippen LogP contribution < -0.4 is 15.5 Å². The van der Waals surface area contributed by atoms with E-state index < -0.39 is 0 Å². The van der Waals surface area contributed by atoms with Crippen molar-refractivity contribution in [2.45, 2.75) is 19.4 Å². The zero-order chi connectivity index (χ0) is 11.5. The lowest BCUT2D eigenvalue weighted by Gasteiger charge is -2.29. The molecule has 2 rings (SSSR count). The van der Waals surface area contributed by atoms with E-state index in [1.807, 2.05) is 6.07 Å². The molecule has 4 nitrogen and oxygen atoms in total. The van der Waals surface area contributed by atoms with Gasteiger partial charge in [0.15, 0.2) is 0 Å². The van der Waals surface area contributed by atoms with Crippen molar-refractivity contribution in [2.75, 3.05) is 25.6 Å². The first-order valence-corrected chi connectivity index (χ1v) is 5.49. The fourth-order valence-electron chi connectivity index (χ4n) is 2.34. The molecule has 0 spiro atoms. The highest BCUT2D eigenvalue weighted by atomic mass is 16.6. The van der Waals surface area contributed by atoms with Gasteiger partial charge in [-0.1, -0.05) is 6.07 Å².